The quantitative estimate of drug-likeness (QED) is 0.823. The van der Waals surface area contributed by atoms with Crippen LogP contribution < -0.4 is 4.90 Å². The molecule has 1 aromatic rings. The SMILES string of the molecule is CN(C)Cc1ccc(N(C)C2CCN(C)CC2)cc1. The van der Waals surface area contributed by atoms with Crippen LogP contribution in [0.1, 0.15) is 18.4 Å². The summed E-state index contributed by atoms with van der Waals surface area (Å²) in [5, 5.41) is 0. The van der Waals surface area contributed by atoms with Crippen molar-refractivity contribution in [2.24, 2.45) is 0 Å². The zero-order valence-corrected chi connectivity index (χ0v) is 12.8. The molecule has 0 unspecified atom stereocenters. The Bertz CT molecular complexity index is 377. The van der Waals surface area contributed by atoms with Gasteiger partial charge in [-0.3, -0.25) is 0 Å². The molecule has 0 spiro atoms. The van der Waals surface area contributed by atoms with Crippen molar-refractivity contribution < 1.29 is 0 Å². The van der Waals surface area contributed by atoms with Gasteiger partial charge in [-0.05, 0) is 64.8 Å². The molecule has 0 N–H and O–H groups in total. The van der Waals surface area contributed by atoms with Crippen LogP contribution in [-0.2, 0) is 6.54 Å². The first-order valence-electron chi connectivity index (χ1n) is 7.21. The molecule has 1 heterocycles. The summed E-state index contributed by atoms with van der Waals surface area (Å²) in [6.45, 7) is 3.44. The third-order valence-electron chi connectivity index (χ3n) is 4.08. The molecule has 0 saturated carbocycles. The fraction of sp³-hybridized carbons (Fsp3) is 0.625. The van der Waals surface area contributed by atoms with E-state index in [1.165, 1.54) is 37.2 Å². The molecule has 3 nitrogen and oxygen atoms in total. The first-order valence-corrected chi connectivity index (χ1v) is 7.21. The Morgan fingerprint density at radius 2 is 1.63 bits per heavy atom. The fourth-order valence-corrected chi connectivity index (χ4v) is 2.79. The van der Waals surface area contributed by atoms with E-state index in [-0.39, 0.29) is 0 Å². The Labute approximate surface area is 117 Å². The predicted molar refractivity (Wildman–Crippen MR) is 82.8 cm³/mol. The number of likely N-dealkylation sites (tertiary alicyclic amines) is 1. The molecular formula is C16H27N3. The molecule has 1 aliphatic heterocycles. The second-order valence-electron chi connectivity index (χ2n) is 6.05. The van der Waals surface area contributed by atoms with Crippen LogP contribution in [0, 0.1) is 0 Å². The maximum atomic E-state index is 2.45. The van der Waals surface area contributed by atoms with E-state index in [4.69, 9.17) is 0 Å². The molecule has 2 rings (SSSR count). The summed E-state index contributed by atoms with van der Waals surface area (Å²) < 4.78 is 0. The smallest absolute Gasteiger partial charge is 0.0366 e. The van der Waals surface area contributed by atoms with Gasteiger partial charge in [-0.2, -0.15) is 0 Å². The lowest BCUT2D eigenvalue weighted by Gasteiger charge is -2.36. The number of hydrogen-bond donors (Lipinski definition) is 0. The van der Waals surface area contributed by atoms with Crippen molar-refractivity contribution in [2.75, 3.05) is 46.2 Å². The molecule has 3 heteroatoms. The zero-order valence-electron chi connectivity index (χ0n) is 12.8. The minimum absolute atomic E-state index is 0.691. The lowest BCUT2D eigenvalue weighted by Crippen LogP contribution is -2.41. The second kappa shape index (κ2) is 6.40. The van der Waals surface area contributed by atoms with Crippen molar-refractivity contribution in [2.45, 2.75) is 25.4 Å². The van der Waals surface area contributed by atoms with Crippen LogP contribution in [-0.4, -0.2) is 57.1 Å². The van der Waals surface area contributed by atoms with E-state index in [9.17, 15) is 0 Å². The van der Waals surface area contributed by atoms with Gasteiger partial charge in [0.05, 0.1) is 0 Å². The highest BCUT2D eigenvalue weighted by Gasteiger charge is 2.20. The normalized spacial score (nSPS) is 17.9. The molecule has 1 saturated heterocycles. The highest BCUT2D eigenvalue weighted by Crippen LogP contribution is 2.22. The average Bonchev–Trinajstić information content (AvgIpc) is 2.39. The van der Waals surface area contributed by atoms with E-state index in [0.717, 1.165) is 6.54 Å². The van der Waals surface area contributed by atoms with E-state index >= 15 is 0 Å². The van der Waals surface area contributed by atoms with Gasteiger partial charge >= 0.3 is 0 Å². The van der Waals surface area contributed by atoms with E-state index in [1.807, 2.05) is 0 Å². The minimum Gasteiger partial charge on any atom is -0.372 e. The first kappa shape index (κ1) is 14.4. The maximum absolute atomic E-state index is 2.45. The Morgan fingerprint density at radius 3 is 2.16 bits per heavy atom. The number of rotatable bonds is 4. The summed E-state index contributed by atoms with van der Waals surface area (Å²) in [5.41, 5.74) is 2.72. The lowest BCUT2D eigenvalue weighted by molar-refractivity contribution is 0.253. The van der Waals surface area contributed by atoms with Crippen molar-refractivity contribution in [1.29, 1.82) is 0 Å². The third-order valence-corrected chi connectivity index (χ3v) is 4.08. The van der Waals surface area contributed by atoms with Crippen molar-refractivity contribution >= 4 is 5.69 Å². The van der Waals surface area contributed by atoms with Gasteiger partial charge in [0.15, 0.2) is 0 Å². The Kier molecular flexibility index (Phi) is 4.83. The average molecular weight is 261 g/mol. The molecule has 0 radical (unpaired) electrons. The molecular weight excluding hydrogens is 234 g/mol. The number of hydrogen-bond acceptors (Lipinski definition) is 3. The predicted octanol–water partition coefficient (Wildman–Crippen LogP) is 2.28. The van der Waals surface area contributed by atoms with Crippen LogP contribution in [0.25, 0.3) is 0 Å². The number of benzene rings is 1. The van der Waals surface area contributed by atoms with Crippen molar-refractivity contribution in [1.82, 2.24) is 9.80 Å². The van der Waals surface area contributed by atoms with E-state index in [2.05, 4.69) is 67.2 Å². The number of piperidine rings is 1. The van der Waals surface area contributed by atoms with Crippen molar-refractivity contribution in [3.63, 3.8) is 0 Å². The van der Waals surface area contributed by atoms with Gasteiger partial charge in [0.1, 0.15) is 0 Å². The molecule has 0 aromatic heterocycles. The van der Waals surface area contributed by atoms with Crippen LogP contribution in [0.15, 0.2) is 24.3 Å². The number of nitrogens with zero attached hydrogens (tertiary/aromatic N) is 3. The summed E-state index contributed by atoms with van der Waals surface area (Å²) in [7, 11) is 8.67. The molecule has 19 heavy (non-hydrogen) atoms. The van der Waals surface area contributed by atoms with Gasteiger partial charge in [-0.25, -0.2) is 0 Å². The fourth-order valence-electron chi connectivity index (χ4n) is 2.79. The van der Waals surface area contributed by atoms with Gasteiger partial charge in [0.2, 0.25) is 0 Å². The topological polar surface area (TPSA) is 9.72 Å². The summed E-state index contributed by atoms with van der Waals surface area (Å²) in [4.78, 5) is 7.08. The van der Waals surface area contributed by atoms with Gasteiger partial charge in [0, 0.05) is 25.3 Å². The summed E-state index contributed by atoms with van der Waals surface area (Å²) >= 11 is 0. The van der Waals surface area contributed by atoms with E-state index in [0.29, 0.717) is 6.04 Å². The van der Waals surface area contributed by atoms with Gasteiger partial charge in [-0.1, -0.05) is 12.1 Å². The first-order chi connectivity index (χ1) is 9.06. The monoisotopic (exact) mass is 261 g/mol. The highest BCUT2D eigenvalue weighted by molar-refractivity contribution is 5.48. The summed E-state index contributed by atoms with van der Waals surface area (Å²) in [6.07, 6.45) is 2.54. The minimum atomic E-state index is 0.691. The Hall–Kier alpha value is -1.06. The standard InChI is InChI=1S/C16H27N3/c1-17(2)13-14-5-7-15(8-6-14)19(4)16-9-11-18(3)12-10-16/h5-8,16H,9-13H2,1-4H3. The van der Waals surface area contributed by atoms with Gasteiger partial charge in [-0.15, -0.1) is 0 Å². The second-order valence-corrected chi connectivity index (χ2v) is 6.05. The van der Waals surface area contributed by atoms with Crippen LogP contribution in [0.2, 0.25) is 0 Å². The van der Waals surface area contributed by atoms with Crippen molar-refractivity contribution in [3.05, 3.63) is 29.8 Å². The largest absolute Gasteiger partial charge is 0.372 e. The molecule has 1 fully saturated rings. The summed E-state index contributed by atoms with van der Waals surface area (Å²) in [5.74, 6) is 0. The van der Waals surface area contributed by atoms with E-state index < -0.39 is 0 Å². The molecule has 0 aliphatic carbocycles. The molecule has 0 amide bonds. The molecule has 1 aliphatic rings. The maximum Gasteiger partial charge on any atom is 0.0366 e. The summed E-state index contributed by atoms with van der Waals surface area (Å²) in [6, 6.07) is 9.71. The van der Waals surface area contributed by atoms with Crippen LogP contribution in [0.3, 0.4) is 0 Å². The molecule has 0 bridgehead atoms. The van der Waals surface area contributed by atoms with Crippen LogP contribution in [0.5, 0.6) is 0 Å². The lowest BCUT2D eigenvalue weighted by atomic mass is 10.0. The van der Waals surface area contributed by atoms with Gasteiger partial charge < -0.3 is 14.7 Å². The van der Waals surface area contributed by atoms with E-state index in [1.54, 1.807) is 0 Å². The van der Waals surface area contributed by atoms with Gasteiger partial charge in [0.25, 0.3) is 0 Å². The Morgan fingerprint density at radius 1 is 1.05 bits per heavy atom. The third kappa shape index (κ3) is 3.95. The molecule has 0 atom stereocenters. The zero-order chi connectivity index (χ0) is 13.8. The van der Waals surface area contributed by atoms with Crippen molar-refractivity contribution in [3.8, 4) is 0 Å². The Balaban J connectivity index is 1.97. The highest BCUT2D eigenvalue weighted by atomic mass is 15.2. The van der Waals surface area contributed by atoms with Crippen LogP contribution >= 0.6 is 0 Å². The molecule has 1 aromatic carbocycles. The number of anilines is 1. The molecule has 106 valence electrons. The van der Waals surface area contributed by atoms with Crippen LogP contribution in [0.4, 0.5) is 5.69 Å².